The average molecular weight is 417 g/mol. The topological polar surface area (TPSA) is 95.3 Å². The smallest absolute Gasteiger partial charge is 0.375 e. The summed E-state index contributed by atoms with van der Waals surface area (Å²) in [6.07, 6.45) is 2.18. The first-order chi connectivity index (χ1) is 14.5. The van der Waals surface area contributed by atoms with Crippen LogP contribution in [0.25, 0.3) is 11.0 Å². The highest BCUT2D eigenvalue weighted by atomic mass is 16.6. The first-order valence-electron chi connectivity index (χ1n) is 10.2. The zero-order valence-electron chi connectivity index (χ0n) is 17.6. The third-order valence-corrected chi connectivity index (χ3v) is 5.11. The van der Waals surface area contributed by atoms with Gasteiger partial charge in [-0.25, -0.2) is 9.59 Å². The van der Waals surface area contributed by atoms with Gasteiger partial charge in [-0.05, 0) is 58.2 Å². The normalized spacial score (nSPS) is 16.4. The largest absolute Gasteiger partial charge is 0.494 e. The van der Waals surface area contributed by atoms with Gasteiger partial charge in [0.2, 0.25) is 5.76 Å². The number of nitrogens with zero attached hydrogens (tertiary/aromatic N) is 1. The van der Waals surface area contributed by atoms with Gasteiger partial charge in [0, 0.05) is 17.5 Å². The molecule has 0 N–H and O–H groups in total. The number of fused-ring (bicyclic) bond motifs is 1. The molecule has 0 bridgehead atoms. The number of amides is 1. The zero-order valence-corrected chi connectivity index (χ0v) is 17.6. The second-order valence-electron chi connectivity index (χ2n) is 7.07. The van der Waals surface area contributed by atoms with Crippen molar-refractivity contribution in [1.29, 1.82) is 0 Å². The summed E-state index contributed by atoms with van der Waals surface area (Å²) >= 11 is 0. The third kappa shape index (κ3) is 4.58. The van der Waals surface area contributed by atoms with Crippen LogP contribution < -0.4 is 4.74 Å². The predicted molar refractivity (Wildman–Crippen MR) is 108 cm³/mol. The zero-order chi connectivity index (χ0) is 21.7. The minimum atomic E-state index is -0.722. The number of carbonyl (C=O) groups excluding carboxylic acids is 3. The van der Waals surface area contributed by atoms with Gasteiger partial charge in [0.05, 0.1) is 13.2 Å². The summed E-state index contributed by atoms with van der Waals surface area (Å²) in [7, 11) is 0. The SMILES string of the molecule is CCOC(=O)[C@H]1CCCCN1C(=O)COC(=O)c1oc2ccc(OCC)cc2c1C. The van der Waals surface area contributed by atoms with E-state index in [4.69, 9.17) is 18.6 Å². The van der Waals surface area contributed by atoms with Crippen LogP contribution in [0.2, 0.25) is 0 Å². The Bertz CT molecular complexity index is 933. The number of ether oxygens (including phenoxy) is 3. The highest BCUT2D eigenvalue weighted by Crippen LogP contribution is 2.29. The van der Waals surface area contributed by atoms with E-state index in [1.165, 1.54) is 4.90 Å². The van der Waals surface area contributed by atoms with E-state index in [2.05, 4.69) is 0 Å². The molecule has 3 rings (SSSR count). The van der Waals surface area contributed by atoms with Crippen molar-refractivity contribution in [3.8, 4) is 5.75 Å². The summed E-state index contributed by atoms with van der Waals surface area (Å²) in [5.74, 6) is -0.838. The van der Waals surface area contributed by atoms with Gasteiger partial charge in [0.25, 0.3) is 5.91 Å². The summed E-state index contributed by atoms with van der Waals surface area (Å²) in [5.41, 5.74) is 1.15. The second-order valence-corrected chi connectivity index (χ2v) is 7.07. The van der Waals surface area contributed by atoms with Crippen LogP contribution in [0.4, 0.5) is 0 Å². The van der Waals surface area contributed by atoms with E-state index in [9.17, 15) is 14.4 Å². The van der Waals surface area contributed by atoms with Gasteiger partial charge in [-0.3, -0.25) is 4.79 Å². The lowest BCUT2D eigenvalue weighted by Gasteiger charge is -2.33. The van der Waals surface area contributed by atoms with Crippen molar-refractivity contribution in [1.82, 2.24) is 4.90 Å². The van der Waals surface area contributed by atoms with Gasteiger partial charge >= 0.3 is 11.9 Å². The van der Waals surface area contributed by atoms with E-state index in [-0.39, 0.29) is 12.4 Å². The van der Waals surface area contributed by atoms with Gasteiger partial charge in [0.15, 0.2) is 6.61 Å². The molecule has 0 unspecified atom stereocenters. The van der Waals surface area contributed by atoms with Gasteiger partial charge in [0.1, 0.15) is 17.4 Å². The summed E-state index contributed by atoms with van der Waals surface area (Å²) in [4.78, 5) is 38.7. The van der Waals surface area contributed by atoms with Crippen LogP contribution in [0.15, 0.2) is 22.6 Å². The van der Waals surface area contributed by atoms with E-state index in [1.807, 2.05) is 6.92 Å². The Hall–Kier alpha value is -3.03. The Labute approximate surface area is 175 Å². The Morgan fingerprint density at radius 1 is 1.13 bits per heavy atom. The van der Waals surface area contributed by atoms with Crippen LogP contribution in [0, 0.1) is 6.92 Å². The Morgan fingerprint density at radius 3 is 2.67 bits per heavy atom. The number of carbonyl (C=O) groups is 3. The van der Waals surface area contributed by atoms with Crippen molar-refractivity contribution in [3.63, 3.8) is 0 Å². The number of hydrogen-bond donors (Lipinski definition) is 0. The lowest BCUT2D eigenvalue weighted by Crippen LogP contribution is -2.50. The highest BCUT2D eigenvalue weighted by Gasteiger charge is 2.33. The minimum Gasteiger partial charge on any atom is -0.494 e. The summed E-state index contributed by atoms with van der Waals surface area (Å²) in [6.45, 7) is 6.12. The molecule has 1 aromatic carbocycles. The minimum absolute atomic E-state index is 0.0482. The van der Waals surface area contributed by atoms with Crippen LogP contribution >= 0.6 is 0 Å². The molecule has 2 aromatic rings. The number of likely N-dealkylation sites (tertiary alicyclic amines) is 1. The molecule has 1 amide bonds. The highest BCUT2D eigenvalue weighted by molar-refractivity contribution is 5.97. The number of hydrogen-bond acceptors (Lipinski definition) is 7. The maximum atomic E-state index is 12.6. The quantitative estimate of drug-likeness (QED) is 0.638. The lowest BCUT2D eigenvalue weighted by molar-refractivity contribution is -0.157. The van der Waals surface area contributed by atoms with Gasteiger partial charge in [-0.15, -0.1) is 0 Å². The molecule has 1 aliphatic heterocycles. The molecule has 1 aliphatic rings. The third-order valence-electron chi connectivity index (χ3n) is 5.11. The van der Waals surface area contributed by atoms with E-state index >= 15 is 0 Å². The molecule has 2 heterocycles. The fourth-order valence-corrected chi connectivity index (χ4v) is 3.64. The van der Waals surface area contributed by atoms with Crippen LogP contribution in [0.1, 0.15) is 49.2 Å². The monoisotopic (exact) mass is 417 g/mol. The van der Waals surface area contributed by atoms with Crippen molar-refractivity contribution in [3.05, 3.63) is 29.5 Å². The Balaban J connectivity index is 1.68. The molecule has 162 valence electrons. The second kappa shape index (κ2) is 9.65. The molecule has 8 heteroatoms. The number of aryl methyl sites for hydroxylation is 1. The summed E-state index contributed by atoms with van der Waals surface area (Å²) in [6, 6.07) is 4.67. The average Bonchev–Trinajstić information content (AvgIpc) is 3.08. The van der Waals surface area contributed by atoms with Crippen molar-refractivity contribution < 1.29 is 33.0 Å². The fraction of sp³-hybridized carbons (Fsp3) is 0.500. The molecule has 0 aliphatic carbocycles. The van der Waals surface area contributed by atoms with E-state index < -0.39 is 30.5 Å². The van der Waals surface area contributed by atoms with Crippen LogP contribution in [0.3, 0.4) is 0 Å². The van der Waals surface area contributed by atoms with Crippen LogP contribution in [0.5, 0.6) is 5.75 Å². The van der Waals surface area contributed by atoms with Crippen molar-refractivity contribution in [2.24, 2.45) is 0 Å². The first kappa shape index (κ1) is 21.7. The molecule has 1 fully saturated rings. The van der Waals surface area contributed by atoms with Gasteiger partial charge < -0.3 is 23.5 Å². The molecule has 1 aromatic heterocycles. The van der Waals surface area contributed by atoms with Crippen molar-refractivity contribution >= 4 is 28.8 Å². The van der Waals surface area contributed by atoms with Crippen LogP contribution in [-0.4, -0.2) is 55.2 Å². The molecule has 0 radical (unpaired) electrons. The van der Waals surface area contributed by atoms with Gasteiger partial charge in [-0.2, -0.15) is 0 Å². The molecule has 0 spiro atoms. The van der Waals surface area contributed by atoms with E-state index in [1.54, 1.807) is 32.0 Å². The molecule has 1 saturated heterocycles. The van der Waals surface area contributed by atoms with Crippen molar-refractivity contribution in [2.45, 2.75) is 46.1 Å². The number of piperidine rings is 1. The Morgan fingerprint density at radius 2 is 1.93 bits per heavy atom. The molecule has 0 saturated carbocycles. The maximum Gasteiger partial charge on any atom is 0.375 e. The molecule has 8 nitrogen and oxygen atoms in total. The number of benzene rings is 1. The lowest BCUT2D eigenvalue weighted by atomic mass is 10.0. The summed E-state index contributed by atoms with van der Waals surface area (Å²) < 4.78 is 21.4. The van der Waals surface area contributed by atoms with E-state index in [0.717, 1.165) is 18.2 Å². The fourth-order valence-electron chi connectivity index (χ4n) is 3.64. The predicted octanol–water partition coefficient (Wildman–Crippen LogP) is 3.24. The standard InChI is InChI=1S/C22H27NO7/c1-4-27-15-9-10-18-16(12-15)14(3)20(30-18)22(26)29-13-19(24)23-11-7-6-8-17(23)21(25)28-5-2/h9-10,12,17H,4-8,11,13H2,1-3H3/t17-/m1/s1. The number of rotatable bonds is 7. The van der Waals surface area contributed by atoms with E-state index in [0.29, 0.717) is 36.5 Å². The summed E-state index contributed by atoms with van der Waals surface area (Å²) in [5, 5.41) is 0.748. The Kier molecular flexibility index (Phi) is 6.97. The van der Waals surface area contributed by atoms with Crippen molar-refractivity contribution in [2.75, 3.05) is 26.4 Å². The molecule has 30 heavy (non-hydrogen) atoms. The number of furan rings is 1. The molecular formula is C22H27NO7. The first-order valence-corrected chi connectivity index (χ1v) is 10.2. The number of esters is 2. The van der Waals surface area contributed by atoms with Gasteiger partial charge in [-0.1, -0.05) is 0 Å². The molecular weight excluding hydrogens is 390 g/mol. The maximum absolute atomic E-state index is 12.6. The molecule has 1 atom stereocenters. The van der Waals surface area contributed by atoms with Crippen LogP contribution in [-0.2, 0) is 19.1 Å².